The van der Waals surface area contributed by atoms with Gasteiger partial charge in [-0.05, 0) is 31.7 Å². The fraction of sp³-hybridized carbons (Fsp3) is 0.533. The zero-order chi connectivity index (χ0) is 13.8. The van der Waals surface area contributed by atoms with Gasteiger partial charge in [0.1, 0.15) is 12.7 Å². The first-order valence-electron chi connectivity index (χ1n) is 6.79. The van der Waals surface area contributed by atoms with Crippen LogP contribution in [0.3, 0.4) is 0 Å². The number of hydrogen-bond donors (Lipinski definition) is 1. The lowest BCUT2D eigenvalue weighted by Gasteiger charge is -2.26. The summed E-state index contributed by atoms with van der Waals surface area (Å²) in [6.45, 7) is 1.96. The maximum absolute atomic E-state index is 12.5. The number of rotatable bonds is 4. The van der Waals surface area contributed by atoms with Gasteiger partial charge < -0.3 is 10.6 Å². The molecular weight excluding hydrogens is 243 g/mol. The van der Waals surface area contributed by atoms with Gasteiger partial charge in [0.25, 0.3) is 0 Å². The van der Waals surface area contributed by atoms with Crippen molar-refractivity contribution in [2.24, 2.45) is 5.73 Å². The molecule has 0 radical (unpaired) electrons. The molecule has 1 saturated heterocycles. The number of aryl methyl sites for hydroxylation is 1. The highest BCUT2D eigenvalue weighted by molar-refractivity contribution is 5.82. The predicted octanol–water partition coefficient (Wildman–Crippen LogP) is 1.83. The number of carbonyl (C=O) groups is 1. The Morgan fingerprint density at radius 2 is 2.16 bits per heavy atom. The van der Waals surface area contributed by atoms with Gasteiger partial charge in [0.15, 0.2) is 0 Å². The number of alkyl halides is 1. The van der Waals surface area contributed by atoms with Crippen LogP contribution in [0.2, 0.25) is 0 Å². The second-order valence-electron chi connectivity index (χ2n) is 5.28. The third kappa shape index (κ3) is 3.32. The van der Waals surface area contributed by atoms with Crippen LogP contribution >= 0.6 is 0 Å². The van der Waals surface area contributed by atoms with Gasteiger partial charge in [-0.1, -0.05) is 29.8 Å². The van der Waals surface area contributed by atoms with Crippen LogP contribution in [0.25, 0.3) is 0 Å². The van der Waals surface area contributed by atoms with Crippen molar-refractivity contribution in [2.45, 2.75) is 38.3 Å². The molecule has 1 aliphatic rings. The first kappa shape index (κ1) is 14.0. The minimum atomic E-state index is -1.00. The van der Waals surface area contributed by atoms with Crippen molar-refractivity contribution in [2.75, 3.05) is 13.2 Å². The first-order valence-corrected chi connectivity index (χ1v) is 6.79. The van der Waals surface area contributed by atoms with Gasteiger partial charge in [-0.15, -0.1) is 0 Å². The van der Waals surface area contributed by atoms with E-state index >= 15 is 0 Å². The Morgan fingerprint density at radius 1 is 1.47 bits per heavy atom. The van der Waals surface area contributed by atoms with E-state index in [4.69, 9.17) is 5.73 Å². The molecule has 0 saturated carbocycles. The van der Waals surface area contributed by atoms with E-state index in [2.05, 4.69) is 31.2 Å². The normalized spacial score (nSPS) is 20.6. The van der Waals surface area contributed by atoms with Crippen LogP contribution in [-0.2, 0) is 11.2 Å². The summed E-state index contributed by atoms with van der Waals surface area (Å²) in [6.07, 6.45) is 2.77. The Labute approximate surface area is 113 Å². The van der Waals surface area contributed by atoms with Crippen LogP contribution in [0.15, 0.2) is 24.3 Å². The molecule has 1 fully saturated rings. The van der Waals surface area contributed by atoms with Gasteiger partial charge in [0.05, 0.1) is 0 Å². The van der Waals surface area contributed by atoms with E-state index in [0.29, 0.717) is 6.54 Å². The van der Waals surface area contributed by atoms with Gasteiger partial charge >= 0.3 is 0 Å². The number of benzene rings is 1. The molecule has 1 heterocycles. The van der Waals surface area contributed by atoms with Crippen molar-refractivity contribution in [3.63, 3.8) is 0 Å². The summed E-state index contributed by atoms with van der Waals surface area (Å²) in [5, 5.41) is 0. The van der Waals surface area contributed by atoms with Crippen molar-refractivity contribution in [1.29, 1.82) is 0 Å². The summed E-state index contributed by atoms with van der Waals surface area (Å²) in [7, 11) is 0. The lowest BCUT2D eigenvalue weighted by atomic mass is 10.0. The van der Waals surface area contributed by atoms with Crippen LogP contribution in [0.4, 0.5) is 4.39 Å². The molecule has 1 aromatic rings. The van der Waals surface area contributed by atoms with Crippen molar-refractivity contribution >= 4 is 5.91 Å². The van der Waals surface area contributed by atoms with Crippen molar-refractivity contribution in [1.82, 2.24) is 4.90 Å². The van der Waals surface area contributed by atoms with E-state index in [-0.39, 0.29) is 11.9 Å². The summed E-state index contributed by atoms with van der Waals surface area (Å²) in [5.74, 6) is -0.253. The molecule has 1 aliphatic heterocycles. The molecule has 0 bridgehead atoms. The Bertz CT molecular complexity index is 432. The minimum absolute atomic E-state index is 0.160. The Balaban J connectivity index is 2.02. The Kier molecular flexibility index (Phi) is 4.53. The molecule has 2 N–H and O–H groups in total. The summed E-state index contributed by atoms with van der Waals surface area (Å²) in [5.41, 5.74) is 7.94. The SMILES string of the molecule is Cc1ccc(CC2CCCN2C(=O)[C@@H](N)CF)cc1. The molecule has 0 aliphatic carbocycles. The maximum Gasteiger partial charge on any atom is 0.242 e. The molecule has 2 rings (SSSR count). The van der Waals surface area contributed by atoms with Crippen LogP contribution < -0.4 is 5.73 Å². The number of likely N-dealkylation sites (tertiary alicyclic amines) is 1. The van der Waals surface area contributed by atoms with Gasteiger partial charge in [-0.3, -0.25) is 4.79 Å². The van der Waals surface area contributed by atoms with E-state index in [1.54, 1.807) is 4.90 Å². The predicted molar refractivity (Wildman–Crippen MR) is 73.6 cm³/mol. The van der Waals surface area contributed by atoms with Crippen LogP contribution in [0.5, 0.6) is 0 Å². The van der Waals surface area contributed by atoms with E-state index < -0.39 is 12.7 Å². The smallest absolute Gasteiger partial charge is 0.242 e. The van der Waals surface area contributed by atoms with Crippen molar-refractivity contribution in [3.8, 4) is 0 Å². The molecule has 19 heavy (non-hydrogen) atoms. The molecular formula is C15H21FN2O. The molecule has 4 heteroatoms. The van der Waals surface area contributed by atoms with Gasteiger partial charge in [-0.25, -0.2) is 4.39 Å². The lowest BCUT2D eigenvalue weighted by Crippen LogP contribution is -2.47. The maximum atomic E-state index is 12.5. The minimum Gasteiger partial charge on any atom is -0.338 e. The zero-order valence-corrected chi connectivity index (χ0v) is 11.3. The fourth-order valence-corrected chi connectivity index (χ4v) is 2.61. The van der Waals surface area contributed by atoms with E-state index in [1.165, 1.54) is 11.1 Å². The number of nitrogens with two attached hydrogens (primary N) is 1. The summed E-state index contributed by atoms with van der Waals surface area (Å²) < 4.78 is 12.5. The van der Waals surface area contributed by atoms with Crippen LogP contribution in [0, 0.1) is 6.92 Å². The van der Waals surface area contributed by atoms with Crippen molar-refractivity contribution in [3.05, 3.63) is 35.4 Å². The van der Waals surface area contributed by atoms with Crippen molar-refractivity contribution < 1.29 is 9.18 Å². The molecule has 1 unspecified atom stereocenters. The quantitative estimate of drug-likeness (QED) is 0.901. The first-order chi connectivity index (χ1) is 9.11. The number of hydrogen-bond acceptors (Lipinski definition) is 2. The van der Waals surface area contributed by atoms with E-state index in [0.717, 1.165) is 19.3 Å². The highest BCUT2D eigenvalue weighted by Gasteiger charge is 2.31. The number of halogens is 1. The molecule has 2 atom stereocenters. The Hall–Kier alpha value is -1.42. The second kappa shape index (κ2) is 6.15. The van der Waals surface area contributed by atoms with Gasteiger partial charge in [0, 0.05) is 12.6 Å². The van der Waals surface area contributed by atoms with E-state index in [1.807, 2.05) is 0 Å². The molecule has 3 nitrogen and oxygen atoms in total. The zero-order valence-electron chi connectivity index (χ0n) is 11.3. The van der Waals surface area contributed by atoms with E-state index in [9.17, 15) is 9.18 Å². The standard InChI is InChI=1S/C15H21FN2O/c1-11-4-6-12(7-5-11)9-13-3-2-8-18(13)15(19)14(17)10-16/h4-7,13-14H,2-3,8-10,17H2,1H3/t13?,14-/m0/s1. The van der Waals surface area contributed by atoms with Crippen LogP contribution in [-0.4, -0.2) is 36.1 Å². The Morgan fingerprint density at radius 3 is 2.79 bits per heavy atom. The summed E-state index contributed by atoms with van der Waals surface area (Å²) >= 11 is 0. The molecule has 1 amide bonds. The average Bonchev–Trinajstić information content (AvgIpc) is 2.87. The average molecular weight is 264 g/mol. The topological polar surface area (TPSA) is 46.3 Å². The summed E-state index contributed by atoms with van der Waals surface area (Å²) in [4.78, 5) is 13.7. The van der Waals surface area contributed by atoms with Gasteiger partial charge in [-0.2, -0.15) is 0 Å². The highest BCUT2D eigenvalue weighted by atomic mass is 19.1. The number of nitrogens with zero attached hydrogens (tertiary/aromatic N) is 1. The molecule has 104 valence electrons. The lowest BCUT2D eigenvalue weighted by molar-refractivity contribution is -0.133. The van der Waals surface area contributed by atoms with Gasteiger partial charge in [0.2, 0.25) is 5.91 Å². The number of carbonyl (C=O) groups excluding carboxylic acids is 1. The second-order valence-corrected chi connectivity index (χ2v) is 5.28. The monoisotopic (exact) mass is 264 g/mol. The highest BCUT2D eigenvalue weighted by Crippen LogP contribution is 2.22. The molecule has 0 spiro atoms. The summed E-state index contributed by atoms with van der Waals surface area (Å²) in [6, 6.07) is 7.48. The third-order valence-electron chi connectivity index (χ3n) is 3.74. The number of amides is 1. The third-order valence-corrected chi connectivity index (χ3v) is 3.74. The fourth-order valence-electron chi connectivity index (χ4n) is 2.61. The molecule has 1 aromatic carbocycles. The van der Waals surface area contributed by atoms with Crippen LogP contribution in [0.1, 0.15) is 24.0 Å². The largest absolute Gasteiger partial charge is 0.338 e. The molecule has 0 aromatic heterocycles.